The van der Waals surface area contributed by atoms with Gasteiger partial charge in [-0.25, -0.2) is 9.59 Å². The first kappa shape index (κ1) is 20.6. The second kappa shape index (κ2) is 10.4. The van der Waals surface area contributed by atoms with Gasteiger partial charge in [0.1, 0.15) is 12.1 Å². The van der Waals surface area contributed by atoms with Crippen LogP contribution in [0.15, 0.2) is 12.2 Å². The second-order valence-electron chi connectivity index (χ2n) is 5.17. The van der Waals surface area contributed by atoms with Crippen LogP contribution in [0.3, 0.4) is 0 Å². The zero-order valence-corrected chi connectivity index (χ0v) is 14.0. The molecule has 2 N–H and O–H groups in total. The van der Waals surface area contributed by atoms with Crippen LogP contribution < -0.4 is 10.6 Å². The maximum atomic E-state index is 12.3. The Kier molecular flexibility index (Phi) is 9.29. The summed E-state index contributed by atoms with van der Waals surface area (Å²) in [6.07, 6.45) is 2.60. The molecule has 23 heavy (non-hydrogen) atoms. The fourth-order valence-corrected chi connectivity index (χ4v) is 1.74. The molecule has 0 aromatic rings. The molecule has 0 bridgehead atoms. The molecule has 0 saturated heterocycles. The molecule has 0 spiro atoms. The summed E-state index contributed by atoms with van der Waals surface area (Å²) in [6, 6.07) is -1.74. The lowest BCUT2D eigenvalue weighted by Crippen LogP contribution is -2.53. The van der Waals surface area contributed by atoms with Gasteiger partial charge in [0.25, 0.3) is 0 Å². The van der Waals surface area contributed by atoms with Crippen molar-refractivity contribution in [1.82, 2.24) is 10.6 Å². The van der Waals surface area contributed by atoms with Crippen molar-refractivity contribution in [2.45, 2.75) is 39.3 Å². The van der Waals surface area contributed by atoms with Gasteiger partial charge in [0.05, 0.1) is 14.2 Å². The molecule has 0 aromatic heterocycles. The standard InChI is InChI=1S/C15H24N2O6/c1-9(2)13(16-10(3)18)14(20)17-11(15(21)23-5)7-6-8-12(19)22-4/h6,8-9,11,13H,7H2,1-5H3,(H,16,18)(H,17,20)/b8-6+/t11-,13+/m0/s1. The van der Waals surface area contributed by atoms with Crippen LogP contribution in [0.4, 0.5) is 0 Å². The highest BCUT2D eigenvalue weighted by atomic mass is 16.5. The van der Waals surface area contributed by atoms with Gasteiger partial charge < -0.3 is 20.1 Å². The normalized spacial score (nSPS) is 13.3. The smallest absolute Gasteiger partial charge is 0.330 e. The summed E-state index contributed by atoms with van der Waals surface area (Å²) in [5.74, 6) is -2.24. The third-order valence-corrected chi connectivity index (χ3v) is 2.94. The number of nitrogens with one attached hydrogen (secondary N) is 2. The zero-order valence-electron chi connectivity index (χ0n) is 14.0. The van der Waals surface area contributed by atoms with E-state index < -0.39 is 29.9 Å². The van der Waals surface area contributed by atoms with Crippen molar-refractivity contribution >= 4 is 23.8 Å². The number of hydrogen-bond donors (Lipinski definition) is 2. The molecule has 0 saturated carbocycles. The first-order valence-corrected chi connectivity index (χ1v) is 7.12. The van der Waals surface area contributed by atoms with Gasteiger partial charge >= 0.3 is 11.9 Å². The Morgan fingerprint density at radius 1 is 1.04 bits per heavy atom. The lowest BCUT2D eigenvalue weighted by Gasteiger charge is -2.23. The van der Waals surface area contributed by atoms with Crippen LogP contribution in [0, 0.1) is 5.92 Å². The average molecular weight is 328 g/mol. The van der Waals surface area contributed by atoms with Crippen LogP contribution in [0.25, 0.3) is 0 Å². The molecule has 0 aromatic carbocycles. The van der Waals surface area contributed by atoms with E-state index in [9.17, 15) is 19.2 Å². The minimum absolute atomic E-state index is 0.0540. The number of hydrogen-bond acceptors (Lipinski definition) is 6. The largest absolute Gasteiger partial charge is 0.467 e. The van der Waals surface area contributed by atoms with E-state index in [4.69, 9.17) is 0 Å². The maximum Gasteiger partial charge on any atom is 0.330 e. The van der Waals surface area contributed by atoms with E-state index >= 15 is 0 Å². The summed E-state index contributed by atoms with van der Waals surface area (Å²) in [7, 11) is 2.42. The van der Waals surface area contributed by atoms with Crippen LogP contribution in [0.5, 0.6) is 0 Å². The summed E-state index contributed by atoms with van der Waals surface area (Å²) in [5.41, 5.74) is 0. The first-order chi connectivity index (χ1) is 10.7. The van der Waals surface area contributed by atoms with Crippen molar-refractivity contribution in [2.75, 3.05) is 14.2 Å². The Bertz CT molecular complexity index is 473. The van der Waals surface area contributed by atoms with Gasteiger partial charge in [-0.05, 0) is 12.3 Å². The van der Waals surface area contributed by atoms with E-state index in [-0.39, 0.29) is 18.2 Å². The van der Waals surface area contributed by atoms with Gasteiger partial charge in [0.15, 0.2) is 0 Å². The van der Waals surface area contributed by atoms with Gasteiger partial charge in [0.2, 0.25) is 11.8 Å². The third-order valence-electron chi connectivity index (χ3n) is 2.94. The maximum absolute atomic E-state index is 12.3. The summed E-state index contributed by atoms with van der Waals surface area (Å²) in [6.45, 7) is 4.84. The van der Waals surface area contributed by atoms with Crippen LogP contribution in [-0.4, -0.2) is 50.1 Å². The summed E-state index contributed by atoms with van der Waals surface area (Å²) in [5, 5.41) is 5.04. The molecule has 0 heterocycles. The first-order valence-electron chi connectivity index (χ1n) is 7.12. The summed E-state index contributed by atoms with van der Waals surface area (Å²) in [4.78, 5) is 46.2. The highest BCUT2D eigenvalue weighted by Gasteiger charge is 2.27. The fourth-order valence-electron chi connectivity index (χ4n) is 1.74. The van der Waals surface area contributed by atoms with Gasteiger partial charge in [-0.1, -0.05) is 19.9 Å². The van der Waals surface area contributed by atoms with Gasteiger partial charge in [-0.2, -0.15) is 0 Å². The summed E-state index contributed by atoms with van der Waals surface area (Å²) >= 11 is 0. The van der Waals surface area contributed by atoms with Crippen molar-refractivity contribution in [3.63, 3.8) is 0 Å². The molecule has 130 valence electrons. The SMILES string of the molecule is COC(=O)/C=C/C[C@H](NC(=O)[C@H](NC(C)=O)C(C)C)C(=O)OC. The number of esters is 2. The van der Waals surface area contributed by atoms with E-state index in [1.807, 2.05) is 0 Å². The van der Waals surface area contributed by atoms with Gasteiger partial charge in [-0.3, -0.25) is 9.59 Å². The third kappa shape index (κ3) is 7.98. The predicted octanol–water partition coefficient (Wildman–Crippen LogP) is -0.0758. The minimum Gasteiger partial charge on any atom is -0.467 e. The Morgan fingerprint density at radius 3 is 2.09 bits per heavy atom. The predicted molar refractivity (Wildman–Crippen MR) is 82.2 cm³/mol. The molecule has 0 unspecified atom stereocenters. The summed E-state index contributed by atoms with van der Waals surface area (Å²) < 4.78 is 9.06. The molecule has 8 nitrogen and oxygen atoms in total. The van der Waals surface area contributed by atoms with Crippen molar-refractivity contribution in [2.24, 2.45) is 5.92 Å². The molecular formula is C15H24N2O6. The number of carbonyl (C=O) groups is 4. The van der Waals surface area contributed by atoms with Crippen molar-refractivity contribution in [1.29, 1.82) is 0 Å². The molecule has 0 rings (SSSR count). The number of rotatable bonds is 8. The molecule has 0 aliphatic heterocycles. The average Bonchev–Trinajstić information content (AvgIpc) is 2.49. The Hall–Kier alpha value is -2.38. The van der Waals surface area contributed by atoms with E-state index in [1.165, 1.54) is 27.2 Å². The molecule has 8 heteroatoms. The van der Waals surface area contributed by atoms with Crippen molar-refractivity contribution in [3.05, 3.63) is 12.2 Å². The minimum atomic E-state index is -0.969. The molecule has 0 fully saturated rings. The molecule has 0 radical (unpaired) electrons. The monoisotopic (exact) mass is 328 g/mol. The van der Waals surface area contributed by atoms with Crippen LogP contribution in [0.2, 0.25) is 0 Å². The number of carbonyl (C=O) groups excluding carboxylic acids is 4. The van der Waals surface area contributed by atoms with E-state index in [1.54, 1.807) is 13.8 Å². The topological polar surface area (TPSA) is 111 Å². The zero-order chi connectivity index (χ0) is 18.0. The van der Waals surface area contributed by atoms with Crippen LogP contribution >= 0.6 is 0 Å². The number of methoxy groups -OCH3 is 2. The van der Waals surface area contributed by atoms with Crippen LogP contribution in [-0.2, 0) is 28.7 Å². The Labute approximate surface area is 135 Å². The number of amides is 2. The highest BCUT2D eigenvalue weighted by molar-refractivity contribution is 5.90. The highest BCUT2D eigenvalue weighted by Crippen LogP contribution is 2.05. The van der Waals surface area contributed by atoms with E-state index in [2.05, 4.69) is 20.1 Å². The lowest BCUT2D eigenvalue weighted by molar-refractivity contribution is -0.145. The van der Waals surface area contributed by atoms with Crippen molar-refractivity contribution < 1.29 is 28.7 Å². The number of ether oxygens (including phenoxy) is 2. The molecule has 2 amide bonds. The van der Waals surface area contributed by atoms with Crippen molar-refractivity contribution in [3.8, 4) is 0 Å². The Balaban J connectivity index is 4.96. The second-order valence-corrected chi connectivity index (χ2v) is 5.17. The fraction of sp³-hybridized carbons (Fsp3) is 0.600. The van der Waals surface area contributed by atoms with Gasteiger partial charge in [0, 0.05) is 13.0 Å². The van der Waals surface area contributed by atoms with E-state index in [0.29, 0.717) is 0 Å². The molecule has 2 atom stereocenters. The molecule has 0 aliphatic carbocycles. The Morgan fingerprint density at radius 2 is 1.65 bits per heavy atom. The lowest BCUT2D eigenvalue weighted by atomic mass is 10.0. The van der Waals surface area contributed by atoms with Crippen LogP contribution in [0.1, 0.15) is 27.2 Å². The van der Waals surface area contributed by atoms with Gasteiger partial charge in [-0.15, -0.1) is 0 Å². The quantitative estimate of drug-likeness (QED) is 0.476. The van der Waals surface area contributed by atoms with E-state index in [0.717, 1.165) is 6.08 Å². The molecular weight excluding hydrogens is 304 g/mol. The molecule has 0 aliphatic rings.